The number of nitrogens with one attached hydrogen (secondary N) is 1. The van der Waals surface area contributed by atoms with Gasteiger partial charge in [0.25, 0.3) is 6.43 Å². The van der Waals surface area contributed by atoms with Crippen LogP contribution in [-0.4, -0.2) is 18.7 Å². The van der Waals surface area contributed by atoms with Crippen molar-refractivity contribution in [2.45, 2.75) is 6.43 Å². The van der Waals surface area contributed by atoms with Gasteiger partial charge < -0.3 is 4.74 Å². The fourth-order valence-corrected chi connectivity index (χ4v) is 1.03. The van der Waals surface area contributed by atoms with Gasteiger partial charge in [-0.1, -0.05) is 12.1 Å². The molecule has 1 rings (SSSR count). The number of halogens is 2. The Kier molecular flexibility index (Phi) is 5.07. The van der Waals surface area contributed by atoms with Crippen molar-refractivity contribution in [2.24, 2.45) is 5.10 Å². The standard InChI is InChI=1S/C11H8F2N4O/c12-11(13)7-18-10-4-2-1-3-9(10)17-16-8(5-14)6-15/h1-4,11,17H,7H2. The second-order valence-corrected chi connectivity index (χ2v) is 2.99. The van der Waals surface area contributed by atoms with Gasteiger partial charge in [-0.3, -0.25) is 5.43 Å². The fourth-order valence-electron chi connectivity index (χ4n) is 1.03. The van der Waals surface area contributed by atoms with Crippen molar-refractivity contribution in [1.82, 2.24) is 0 Å². The fraction of sp³-hybridized carbons (Fsp3) is 0.182. The van der Waals surface area contributed by atoms with E-state index in [1.165, 1.54) is 12.1 Å². The van der Waals surface area contributed by atoms with Crippen LogP contribution >= 0.6 is 0 Å². The summed E-state index contributed by atoms with van der Waals surface area (Å²) in [5.41, 5.74) is 2.33. The van der Waals surface area contributed by atoms with Crippen molar-refractivity contribution >= 4 is 11.4 Å². The Morgan fingerprint density at radius 3 is 2.61 bits per heavy atom. The molecule has 0 atom stereocenters. The predicted molar refractivity (Wildman–Crippen MR) is 60.2 cm³/mol. The molecule has 0 radical (unpaired) electrons. The molecule has 92 valence electrons. The van der Waals surface area contributed by atoms with Crippen molar-refractivity contribution in [3.63, 3.8) is 0 Å². The first-order valence-corrected chi connectivity index (χ1v) is 4.81. The van der Waals surface area contributed by atoms with E-state index in [4.69, 9.17) is 15.3 Å². The summed E-state index contributed by atoms with van der Waals surface area (Å²) in [5.74, 6) is 0.164. The molecule has 0 amide bonds. The maximum absolute atomic E-state index is 12.0. The number of hydrogen-bond acceptors (Lipinski definition) is 5. The highest BCUT2D eigenvalue weighted by atomic mass is 19.3. The number of nitriles is 2. The topological polar surface area (TPSA) is 81.2 Å². The molecule has 0 aliphatic rings. The Balaban J connectivity index is 2.80. The van der Waals surface area contributed by atoms with E-state index in [1.807, 2.05) is 0 Å². The average Bonchev–Trinajstić information content (AvgIpc) is 2.38. The van der Waals surface area contributed by atoms with Crippen molar-refractivity contribution in [2.75, 3.05) is 12.0 Å². The number of benzene rings is 1. The minimum absolute atomic E-state index is 0.164. The van der Waals surface area contributed by atoms with Gasteiger partial charge in [0.15, 0.2) is 0 Å². The van der Waals surface area contributed by atoms with Crippen LogP contribution in [-0.2, 0) is 0 Å². The summed E-state index contributed by atoms with van der Waals surface area (Å²) in [6, 6.07) is 9.34. The number of alkyl halides is 2. The second kappa shape index (κ2) is 6.81. The van der Waals surface area contributed by atoms with Gasteiger partial charge in [0.05, 0.1) is 5.69 Å². The lowest BCUT2D eigenvalue weighted by molar-refractivity contribution is 0.0822. The first kappa shape index (κ1) is 13.4. The largest absolute Gasteiger partial charge is 0.485 e. The molecule has 1 aromatic rings. The number of anilines is 1. The van der Waals surface area contributed by atoms with Gasteiger partial charge in [-0.15, -0.1) is 0 Å². The maximum atomic E-state index is 12.0. The summed E-state index contributed by atoms with van der Waals surface area (Å²) in [4.78, 5) is 0. The van der Waals surface area contributed by atoms with E-state index in [-0.39, 0.29) is 11.5 Å². The molecule has 0 saturated carbocycles. The molecule has 7 heteroatoms. The summed E-state index contributed by atoms with van der Waals surface area (Å²) >= 11 is 0. The van der Waals surface area contributed by atoms with Crippen molar-refractivity contribution in [3.8, 4) is 17.9 Å². The van der Waals surface area contributed by atoms with Gasteiger partial charge in [0.2, 0.25) is 5.71 Å². The Hall–Kier alpha value is -2.67. The van der Waals surface area contributed by atoms with Crippen LogP contribution in [0, 0.1) is 22.7 Å². The van der Waals surface area contributed by atoms with Crippen molar-refractivity contribution in [1.29, 1.82) is 10.5 Å². The molecule has 1 N–H and O–H groups in total. The van der Waals surface area contributed by atoms with Gasteiger partial charge in [0.1, 0.15) is 24.5 Å². The zero-order valence-electron chi connectivity index (χ0n) is 9.10. The van der Waals surface area contributed by atoms with Gasteiger partial charge in [-0.2, -0.15) is 15.6 Å². The third kappa shape index (κ3) is 4.06. The lowest BCUT2D eigenvalue weighted by Gasteiger charge is -2.09. The molecule has 0 fully saturated rings. The zero-order valence-corrected chi connectivity index (χ0v) is 9.10. The van der Waals surface area contributed by atoms with Crippen molar-refractivity contribution < 1.29 is 13.5 Å². The molecule has 18 heavy (non-hydrogen) atoms. The van der Waals surface area contributed by atoms with Crippen LogP contribution in [0.3, 0.4) is 0 Å². The minimum atomic E-state index is -2.59. The van der Waals surface area contributed by atoms with Crippen LogP contribution in [0.25, 0.3) is 0 Å². The highest BCUT2D eigenvalue weighted by molar-refractivity contribution is 6.10. The smallest absolute Gasteiger partial charge is 0.272 e. The molecule has 1 aromatic carbocycles. The van der Waals surface area contributed by atoms with Gasteiger partial charge in [0, 0.05) is 0 Å². The van der Waals surface area contributed by atoms with E-state index in [0.717, 1.165) is 0 Å². The molecule has 0 aliphatic carbocycles. The number of nitrogens with zero attached hydrogens (tertiary/aromatic N) is 3. The summed E-state index contributed by atoms with van der Waals surface area (Å²) in [5, 5.41) is 20.4. The number of hydrogen-bond donors (Lipinski definition) is 1. The van der Waals surface area contributed by atoms with Crippen LogP contribution in [0.15, 0.2) is 29.4 Å². The molecule has 0 aliphatic heterocycles. The molecular weight excluding hydrogens is 242 g/mol. The van der Waals surface area contributed by atoms with Crippen LogP contribution in [0.5, 0.6) is 5.75 Å². The normalized spacial score (nSPS) is 9.17. The molecular formula is C11H8F2N4O. The third-order valence-corrected chi connectivity index (χ3v) is 1.75. The Labute approximate surface area is 102 Å². The number of hydrazone groups is 1. The highest BCUT2D eigenvalue weighted by Gasteiger charge is 2.07. The monoisotopic (exact) mass is 250 g/mol. The van der Waals surface area contributed by atoms with E-state index in [9.17, 15) is 8.78 Å². The van der Waals surface area contributed by atoms with Crippen LogP contribution in [0.4, 0.5) is 14.5 Å². The van der Waals surface area contributed by atoms with Crippen LogP contribution < -0.4 is 10.2 Å². The number of rotatable bonds is 5. The maximum Gasteiger partial charge on any atom is 0.272 e. The SMILES string of the molecule is N#CC(C#N)=NNc1ccccc1OCC(F)F. The minimum Gasteiger partial charge on any atom is -0.485 e. The second-order valence-electron chi connectivity index (χ2n) is 2.99. The van der Waals surface area contributed by atoms with E-state index in [1.54, 1.807) is 24.3 Å². The molecule has 0 bridgehead atoms. The Morgan fingerprint density at radius 2 is 2.00 bits per heavy atom. The van der Waals surface area contributed by atoms with E-state index < -0.39 is 13.0 Å². The van der Waals surface area contributed by atoms with E-state index >= 15 is 0 Å². The lowest BCUT2D eigenvalue weighted by Crippen LogP contribution is -2.08. The summed E-state index contributed by atoms with van der Waals surface area (Å²) in [6.07, 6.45) is -2.59. The van der Waals surface area contributed by atoms with Gasteiger partial charge >= 0.3 is 0 Å². The highest BCUT2D eigenvalue weighted by Crippen LogP contribution is 2.24. The number of ether oxygens (including phenoxy) is 1. The summed E-state index contributed by atoms with van der Waals surface area (Å²) in [6.45, 7) is -0.744. The van der Waals surface area contributed by atoms with E-state index in [0.29, 0.717) is 5.69 Å². The van der Waals surface area contributed by atoms with Gasteiger partial charge in [-0.05, 0) is 12.1 Å². The van der Waals surface area contributed by atoms with Crippen LogP contribution in [0.1, 0.15) is 0 Å². The van der Waals surface area contributed by atoms with E-state index in [2.05, 4.69) is 10.5 Å². The number of para-hydroxylation sites is 2. The molecule has 0 heterocycles. The molecule has 0 saturated heterocycles. The predicted octanol–water partition coefficient (Wildman–Crippen LogP) is 2.15. The average molecular weight is 250 g/mol. The Bertz CT molecular complexity index is 501. The van der Waals surface area contributed by atoms with Crippen molar-refractivity contribution in [3.05, 3.63) is 24.3 Å². The molecule has 0 spiro atoms. The third-order valence-electron chi connectivity index (χ3n) is 1.75. The first-order chi connectivity index (χ1) is 8.67. The van der Waals surface area contributed by atoms with Crippen LogP contribution in [0.2, 0.25) is 0 Å². The quantitative estimate of drug-likeness (QED) is 0.641. The molecule has 5 nitrogen and oxygen atoms in total. The summed E-state index contributed by atoms with van der Waals surface area (Å²) < 4.78 is 28.9. The summed E-state index contributed by atoms with van der Waals surface area (Å²) in [7, 11) is 0. The molecule has 0 unspecified atom stereocenters. The lowest BCUT2D eigenvalue weighted by atomic mass is 10.3. The first-order valence-electron chi connectivity index (χ1n) is 4.81. The van der Waals surface area contributed by atoms with Gasteiger partial charge in [-0.25, -0.2) is 8.78 Å². The Morgan fingerprint density at radius 1 is 1.33 bits per heavy atom. The molecule has 0 aromatic heterocycles. The zero-order chi connectivity index (χ0) is 13.4.